The van der Waals surface area contributed by atoms with E-state index in [1.165, 1.54) is 0 Å². The third-order valence-electron chi connectivity index (χ3n) is 0.976. The maximum absolute atomic E-state index is 9.98. The summed E-state index contributed by atoms with van der Waals surface area (Å²) >= 11 is 0. The van der Waals surface area contributed by atoms with Gasteiger partial charge in [-0.2, -0.15) is 0 Å². The molecule has 0 aliphatic rings. The normalized spacial score (nSPS) is 14.2. The van der Waals surface area contributed by atoms with E-state index in [2.05, 4.69) is 0 Å². The van der Waals surface area contributed by atoms with Gasteiger partial charge in [-0.05, 0) is 13.3 Å². The SMILES string of the molecule is C/C=C/C[C@@H](C)C=O. The van der Waals surface area contributed by atoms with Crippen molar-refractivity contribution in [2.24, 2.45) is 5.92 Å². The van der Waals surface area contributed by atoms with Gasteiger partial charge in [-0.15, -0.1) is 0 Å². The monoisotopic (exact) mass is 112 g/mol. The molecule has 46 valence electrons. The Morgan fingerprint density at radius 3 is 2.62 bits per heavy atom. The van der Waals surface area contributed by atoms with Crippen LogP contribution in [0.15, 0.2) is 12.2 Å². The highest BCUT2D eigenvalue weighted by molar-refractivity contribution is 5.52. The molecule has 0 fully saturated rings. The van der Waals surface area contributed by atoms with E-state index in [0.717, 1.165) is 12.7 Å². The fourth-order valence-electron chi connectivity index (χ4n) is 0.406. The molecule has 0 amide bonds. The Morgan fingerprint density at radius 1 is 1.62 bits per heavy atom. The minimum absolute atomic E-state index is 0.186. The standard InChI is InChI=1S/C7H12O/c1-3-4-5-7(2)6-8/h3-4,6-7H,5H2,1-2H3/b4-3+/t7-/m1/s1. The van der Waals surface area contributed by atoms with Crippen LogP contribution in [0.3, 0.4) is 0 Å². The zero-order valence-electron chi connectivity index (χ0n) is 5.42. The van der Waals surface area contributed by atoms with Crippen LogP contribution < -0.4 is 0 Å². The molecule has 0 aromatic rings. The van der Waals surface area contributed by atoms with Crippen LogP contribution in [0.25, 0.3) is 0 Å². The molecule has 8 heavy (non-hydrogen) atoms. The molecule has 0 aliphatic carbocycles. The molecule has 0 saturated heterocycles. The molecular formula is C7H12O. The lowest BCUT2D eigenvalue weighted by Gasteiger charge is -1.92. The van der Waals surface area contributed by atoms with E-state index in [1.807, 2.05) is 26.0 Å². The van der Waals surface area contributed by atoms with E-state index in [4.69, 9.17) is 0 Å². The van der Waals surface area contributed by atoms with Crippen LogP contribution in [0.4, 0.5) is 0 Å². The van der Waals surface area contributed by atoms with E-state index in [-0.39, 0.29) is 5.92 Å². The van der Waals surface area contributed by atoms with Crippen LogP contribution in [0.5, 0.6) is 0 Å². The average Bonchev–Trinajstić information content (AvgIpc) is 1.83. The summed E-state index contributed by atoms with van der Waals surface area (Å²) in [5.74, 6) is 0.186. The maximum Gasteiger partial charge on any atom is 0.123 e. The Balaban J connectivity index is 3.23. The van der Waals surface area contributed by atoms with Gasteiger partial charge in [0, 0.05) is 5.92 Å². The number of allylic oxidation sites excluding steroid dienone is 2. The Bertz CT molecular complexity index is 84.4. The van der Waals surface area contributed by atoms with Crippen molar-refractivity contribution in [1.29, 1.82) is 0 Å². The third-order valence-corrected chi connectivity index (χ3v) is 0.976. The summed E-state index contributed by atoms with van der Waals surface area (Å²) in [6.07, 6.45) is 5.80. The molecule has 1 heteroatoms. The lowest BCUT2D eigenvalue weighted by atomic mass is 10.1. The van der Waals surface area contributed by atoms with Gasteiger partial charge >= 0.3 is 0 Å². The van der Waals surface area contributed by atoms with Gasteiger partial charge in [0.2, 0.25) is 0 Å². The van der Waals surface area contributed by atoms with Crippen molar-refractivity contribution in [2.75, 3.05) is 0 Å². The van der Waals surface area contributed by atoms with Gasteiger partial charge in [0.05, 0.1) is 0 Å². The van der Waals surface area contributed by atoms with Crippen molar-refractivity contribution >= 4 is 6.29 Å². The van der Waals surface area contributed by atoms with Crippen molar-refractivity contribution in [1.82, 2.24) is 0 Å². The second kappa shape index (κ2) is 4.57. The molecule has 0 N–H and O–H groups in total. The number of rotatable bonds is 3. The maximum atomic E-state index is 9.98. The summed E-state index contributed by atoms with van der Waals surface area (Å²) in [5.41, 5.74) is 0. The molecule has 1 nitrogen and oxygen atoms in total. The zero-order valence-corrected chi connectivity index (χ0v) is 5.42. The second-order valence-corrected chi connectivity index (χ2v) is 1.92. The summed E-state index contributed by atoms with van der Waals surface area (Å²) < 4.78 is 0. The largest absolute Gasteiger partial charge is 0.303 e. The Morgan fingerprint density at radius 2 is 2.25 bits per heavy atom. The number of carbonyl (C=O) groups excluding carboxylic acids is 1. The van der Waals surface area contributed by atoms with Gasteiger partial charge in [-0.1, -0.05) is 19.1 Å². The Labute approximate surface area is 50.4 Å². The first-order valence-corrected chi connectivity index (χ1v) is 2.87. The topological polar surface area (TPSA) is 17.1 Å². The average molecular weight is 112 g/mol. The molecule has 1 atom stereocenters. The smallest absolute Gasteiger partial charge is 0.123 e. The van der Waals surface area contributed by atoms with Gasteiger partial charge in [-0.3, -0.25) is 0 Å². The highest BCUT2D eigenvalue weighted by Crippen LogP contribution is 1.96. The molecule has 0 aromatic heterocycles. The van der Waals surface area contributed by atoms with Gasteiger partial charge in [-0.25, -0.2) is 0 Å². The summed E-state index contributed by atoms with van der Waals surface area (Å²) in [6.45, 7) is 3.87. The number of carbonyl (C=O) groups is 1. The quantitative estimate of drug-likeness (QED) is 0.402. The number of hydrogen-bond donors (Lipinski definition) is 0. The van der Waals surface area contributed by atoms with Crippen LogP contribution in [-0.4, -0.2) is 6.29 Å². The van der Waals surface area contributed by atoms with Crippen molar-refractivity contribution in [3.63, 3.8) is 0 Å². The van der Waals surface area contributed by atoms with Gasteiger partial charge < -0.3 is 4.79 Å². The first-order chi connectivity index (χ1) is 3.81. The lowest BCUT2D eigenvalue weighted by Crippen LogP contribution is -1.91. The predicted molar refractivity (Wildman–Crippen MR) is 34.7 cm³/mol. The highest BCUT2D eigenvalue weighted by Gasteiger charge is 1.91. The molecule has 0 aliphatic heterocycles. The molecule has 0 saturated carbocycles. The second-order valence-electron chi connectivity index (χ2n) is 1.92. The van der Waals surface area contributed by atoms with E-state index >= 15 is 0 Å². The van der Waals surface area contributed by atoms with Crippen molar-refractivity contribution in [3.8, 4) is 0 Å². The fourth-order valence-corrected chi connectivity index (χ4v) is 0.406. The molecule has 0 spiro atoms. The lowest BCUT2D eigenvalue weighted by molar-refractivity contribution is -0.110. The Kier molecular flexibility index (Phi) is 4.23. The molecular weight excluding hydrogens is 100 g/mol. The number of hydrogen-bond acceptors (Lipinski definition) is 1. The summed E-state index contributed by atoms with van der Waals surface area (Å²) in [6, 6.07) is 0. The molecule has 0 bridgehead atoms. The molecule has 0 aromatic carbocycles. The van der Waals surface area contributed by atoms with Gasteiger partial charge in [0.1, 0.15) is 6.29 Å². The van der Waals surface area contributed by atoms with Gasteiger partial charge in [0.15, 0.2) is 0 Å². The number of aldehydes is 1. The van der Waals surface area contributed by atoms with Crippen LogP contribution in [0.1, 0.15) is 20.3 Å². The molecule has 0 rings (SSSR count). The first-order valence-electron chi connectivity index (χ1n) is 2.87. The molecule has 0 unspecified atom stereocenters. The van der Waals surface area contributed by atoms with Crippen LogP contribution in [-0.2, 0) is 4.79 Å². The predicted octanol–water partition coefficient (Wildman–Crippen LogP) is 1.79. The summed E-state index contributed by atoms with van der Waals surface area (Å²) in [5, 5.41) is 0. The van der Waals surface area contributed by atoms with E-state index in [0.29, 0.717) is 0 Å². The first kappa shape index (κ1) is 7.41. The fraction of sp³-hybridized carbons (Fsp3) is 0.571. The molecule has 0 radical (unpaired) electrons. The minimum atomic E-state index is 0.186. The van der Waals surface area contributed by atoms with Crippen LogP contribution in [0, 0.1) is 5.92 Å². The minimum Gasteiger partial charge on any atom is -0.303 e. The highest BCUT2D eigenvalue weighted by atomic mass is 16.1. The van der Waals surface area contributed by atoms with E-state index < -0.39 is 0 Å². The van der Waals surface area contributed by atoms with Crippen LogP contribution in [0.2, 0.25) is 0 Å². The summed E-state index contributed by atoms with van der Waals surface area (Å²) in [4.78, 5) is 9.98. The van der Waals surface area contributed by atoms with Gasteiger partial charge in [0.25, 0.3) is 0 Å². The van der Waals surface area contributed by atoms with E-state index in [1.54, 1.807) is 0 Å². The van der Waals surface area contributed by atoms with Crippen molar-refractivity contribution < 1.29 is 4.79 Å². The van der Waals surface area contributed by atoms with E-state index in [9.17, 15) is 4.79 Å². The van der Waals surface area contributed by atoms with Crippen molar-refractivity contribution in [2.45, 2.75) is 20.3 Å². The van der Waals surface area contributed by atoms with Crippen molar-refractivity contribution in [3.05, 3.63) is 12.2 Å². The Hall–Kier alpha value is -0.590. The zero-order chi connectivity index (χ0) is 6.41. The third kappa shape index (κ3) is 3.59. The molecule has 0 heterocycles. The van der Waals surface area contributed by atoms with Crippen LogP contribution >= 0.6 is 0 Å². The summed E-state index contributed by atoms with van der Waals surface area (Å²) in [7, 11) is 0.